The molecule has 1 atom stereocenters. The molecule has 1 N–H and O–H groups in total. The molecule has 1 aromatic rings. The molecule has 1 aliphatic heterocycles. The average molecular weight is 316 g/mol. The highest BCUT2D eigenvalue weighted by Gasteiger charge is 2.16. The smallest absolute Gasteiger partial charge is 0.120 e. The molecule has 1 saturated heterocycles. The fraction of sp³-hybridized carbons (Fsp3) is 0.700. The zero-order valence-electron chi connectivity index (χ0n) is 14.6. The van der Waals surface area contributed by atoms with Gasteiger partial charge < -0.3 is 15.0 Å². The Labute approximate surface area is 141 Å². The Morgan fingerprint density at radius 1 is 1.13 bits per heavy atom. The third kappa shape index (κ3) is 5.50. The summed E-state index contributed by atoms with van der Waals surface area (Å²) in [6.07, 6.45) is 9.66. The fourth-order valence-electron chi connectivity index (χ4n) is 3.81. The molecule has 1 saturated carbocycles. The van der Waals surface area contributed by atoms with Gasteiger partial charge in [-0.1, -0.05) is 18.6 Å². The van der Waals surface area contributed by atoms with Crippen LogP contribution in [-0.2, 0) is 6.54 Å². The van der Waals surface area contributed by atoms with E-state index in [-0.39, 0.29) is 0 Å². The number of nitrogens with zero attached hydrogens (tertiary/aromatic N) is 1. The summed E-state index contributed by atoms with van der Waals surface area (Å²) in [5, 5.41) is 3.67. The molecule has 1 aromatic carbocycles. The van der Waals surface area contributed by atoms with Gasteiger partial charge in [0.15, 0.2) is 0 Å². The predicted molar refractivity (Wildman–Crippen MR) is 95.9 cm³/mol. The van der Waals surface area contributed by atoms with E-state index in [0.29, 0.717) is 12.1 Å². The zero-order chi connectivity index (χ0) is 15.9. The lowest BCUT2D eigenvalue weighted by Crippen LogP contribution is -2.41. The number of benzene rings is 1. The van der Waals surface area contributed by atoms with Gasteiger partial charge in [0.05, 0.1) is 6.10 Å². The highest BCUT2D eigenvalue weighted by Crippen LogP contribution is 2.24. The molecular weight excluding hydrogens is 284 g/mol. The van der Waals surface area contributed by atoms with Crippen molar-refractivity contribution in [3.8, 4) is 5.75 Å². The summed E-state index contributed by atoms with van der Waals surface area (Å²) >= 11 is 0. The largest absolute Gasteiger partial charge is 0.490 e. The third-order valence-corrected chi connectivity index (χ3v) is 5.14. The molecule has 3 nitrogen and oxygen atoms in total. The van der Waals surface area contributed by atoms with Crippen molar-refractivity contribution in [3.05, 3.63) is 29.8 Å². The van der Waals surface area contributed by atoms with E-state index in [2.05, 4.69) is 41.4 Å². The normalized spacial score (nSPS) is 21.4. The number of likely N-dealkylation sites (tertiary alicyclic amines) is 1. The van der Waals surface area contributed by atoms with Crippen LogP contribution in [0.4, 0.5) is 0 Å². The highest BCUT2D eigenvalue weighted by molar-refractivity contribution is 5.28. The average Bonchev–Trinajstić information content (AvgIpc) is 3.07. The molecule has 2 aliphatic rings. The number of hydrogen-bond donors (Lipinski definition) is 1. The summed E-state index contributed by atoms with van der Waals surface area (Å²) in [5.41, 5.74) is 1.32. The van der Waals surface area contributed by atoms with E-state index < -0.39 is 0 Å². The van der Waals surface area contributed by atoms with Gasteiger partial charge in [-0.2, -0.15) is 0 Å². The molecule has 0 spiro atoms. The second kappa shape index (κ2) is 8.70. The number of piperidine rings is 1. The summed E-state index contributed by atoms with van der Waals surface area (Å²) in [5.74, 6) is 1.04. The highest BCUT2D eigenvalue weighted by atomic mass is 16.5. The molecular formula is C20H32N2O. The molecule has 0 bridgehead atoms. The first kappa shape index (κ1) is 16.8. The number of rotatable bonds is 7. The van der Waals surface area contributed by atoms with Gasteiger partial charge in [0.1, 0.15) is 5.75 Å². The lowest BCUT2D eigenvalue weighted by atomic mass is 10.1. The van der Waals surface area contributed by atoms with Gasteiger partial charge in [-0.25, -0.2) is 0 Å². The Balaban J connectivity index is 1.43. The molecule has 23 heavy (non-hydrogen) atoms. The molecule has 0 amide bonds. The minimum atomic E-state index is 0.441. The van der Waals surface area contributed by atoms with E-state index >= 15 is 0 Å². The van der Waals surface area contributed by atoms with Crippen molar-refractivity contribution in [2.75, 3.05) is 19.6 Å². The van der Waals surface area contributed by atoms with Crippen molar-refractivity contribution >= 4 is 0 Å². The van der Waals surface area contributed by atoms with E-state index in [1.165, 1.54) is 63.6 Å². The van der Waals surface area contributed by atoms with Gasteiger partial charge in [-0.3, -0.25) is 0 Å². The maximum atomic E-state index is 6.11. The molecule has 128 valence electrons. The van der Waals surface area contributed by atoms with Crippen molar-refractivity contribution in [2.24, 2.45) is 0 Å². The van der Waals surface area contributed by atoms with E-state index in [1.54, 1.807) is 0 Å². The molecule has 1 heterocycles. The van der Waals surface area contributed by atoms with Crippen LogP contribution in [0.3, 0.4) is 0 Å². The minimum Gasteiger partial charge on any atom is -0.490 e. The molecule has 3 heteroatoms. The Morgan fingerprint density at radius 2 is 1.91 bits per heavy atom. The van der Waals surface area contributed by atoms with E-state index in [0.717, 1.165) is 18.8 Å². The minimum absolute atomic E-state index is 0.441. The first-order chi connectivity index (χ1) is 11.3. The SMILES string of the molecule is CC(CN1CCCCC1)NCc1cccc(OC2CCCC2)c1. The lowest BCUT2D eigenvalue weighted by molar-refractivity contribution is 0.207. The number of ether oxygens (including phenoxy) is 1. The van der Waals surface area contributed by atoms with Crippen LogP contribution < -0.4 is 10.1 Å². The fourth-order valence-corrected chi connectivity index (χ4v) is 3.81. The van der Waals surface area contributed by atoms with E-state index in [9.17, 15) is 0 Å². The van der Waals surface area contributed by atoms with Crippen LogP contribution in [0.25, 0.3) is 0 Å². The standard InChI is InChI=1S/C20H32N2O/c1-17(16-22-12-5-2-6-13-22)21-15-18-8-7-11-20(14-18)23-19-9-3-4-10-19/h7-8,11,14,17,19,21H,2-6,9-10,12-13,15-16H2,1H3. The molecule has 1 aliphatic carbocycles. The second-order valence-electron chi connectivity index (χ2n) is 7.31. The van der Waals surface area contributed by atoms with Crippen LogP contribution in [0.1, 0.15) is 57.4 Å². The van der Waals surface area contributed by atoms with Crippen LogP contribution in [0.5, 0.6) is 5.75 Å². The Kier molecular flexibility index (Phi) is 6.35. The topological polar surface area (TPSA) is 24.5 Å². The van der Waals surface area contributed by atoms with E-state index in [4.69, 9.17) is 4.74 Å². The molecule has 0 radical (unpaired) electrons. The summed E-state index contributed by atoms with van der Waals surface area (Å²) in [7, 11) is 0. The molecule has 2 fully saturated rings. The van der Waals surface area contributed by atoms with Crippen LogP contribution >= 0.6 is 0 Å². The van der Waals surface area contributed by atoms with Crippen molar-refractivity contribution in [1.29, 1.82) is 0 Å². The third-order valence-electron chi connectivity index (χ3n) is 5.14. The summed E-state index contributed by atoms with van der Waals surface area (Å²) in [6.45, 7) is 6.94. The maximum Gasteiger partial charge on any atom is 0.120 e. The molecule has 1 unspecified atom stereocenters. The second-order valence-corrected chi connectivity index (χ2v) is 7.31. The van der Waals surface area contributed by atoms with Crippen molar-refractivity contribution in [1.82, 2.24) is 10.2 Å². The van der Waals surface area contributed by atoms with Crippen molar-refractivity contribution in [3.63, 3.8) is 0 Å². The van der Waals surface area contributed by atoms with Gasteiger partial charge in [-0.15, -0.1) is 0 Å². The van der Waals surface area contributed by atoms with Crippen LogP contribution in [0, 0.1) is 0 Å². The Morgan fingerprint density at radius 3 is 2.70 bits per heavy atom. The molecule has 3 rings (SSSR count). The zero-order valence-corrected chi connectivity index (χ0v) is 14.6. The first-order valence-corrected chi connectivity index (χ1v) is 9.51. The van der Waals surface area contributed by atoms with Crippen LogP contribution in [-0.4, -0.2) is 36.7 Å². The number of hydrogen-bond acceptors (Lipinski definition) is 3. The Hall–Kier alpha value is -1.06. The quantitative estimate of drug-likeness (QED) is 0.823. The van der Waals surface area contributed by atoms with Gasteiger partial charge in [0.25, 0.3) is 0 Å². The lowest BCUT2D eigenvalue weighted by Gasteiger charge is -2.29. The summed E-state index contributed by atoms with van der Waals surface area (Å²) < 4.78 is 6.11. The molecule has 0 aromatic heterocycles. The van der Waals surface area contributed by atoms with Gasteiger partial charge in [0.2, 0.25) is 0 Å². The van der Waals surface area contributed by atoms with Crippen LogP contribution in [0.2, 0.25) is 0 Å². The van der Waals surface area contributed by atoms with Gasteiger partial charge >= 0.3 is 0 Å². The van der Waals surface area contributed by atoms with Crippen LogP contribution in [0.15, 0.2) is 24.3 Å². The Bertz CT molecular complexity index is 464. The van der Waals surface area contributed by atoms with Crippen molar-refractivity contribution < 1.29 is 4.74 Å². The van der Waals surface area contributed by atoms with Gasteiger partial charge in [0, 0.05) is 19.1 Å². The monoisotopic (exact) mass is 316 g/mol. The number of nitrogens with one attached hydrogen (secondary N) is 1. The van der Waals surface area contributed by atoms with E-state index in [1.807, 2.05) is 0 Å². The van der Waals surface area contributed by atoms with Crippen molar-refractivity contribution in [2.45, 2.75) is 70.6 Å². The summed E-state index contributed by atoms with van der Waals surface area (Å²) in [4.78, 5) is 2.60. The summed E-state index contributed by atoms with van der Waals surface area (Å²) in [6, 6.07) is 9.16. The first-order valence-electron chi connectivity index (χ1n) is 9.51. The maximum absolute atomic E-state index is 6.11. The predicted octanol–water partition coefficient (Wildman–Crippen LogP) is 3.97. The van der Waals surface area contributed by atoms with Gasteiger partial charge in [-0.05, 0) is 76.2 Å².